The molecule has 2 aliphatic rings. The van der Waals surface area contributed by atoms with Gasteiger partial charge in [-0.25, -0.2) is 0 Å². The molecule has 0 bridgehead atoms. The van der Waals surface area contributed by atoms with Crippen LogP contribution in [0.5, 0.6) is 0 Å². The van der Waals surface area contributed by atoms with Crippen LogP contribution in [0.15, 0.2) is 0 Å². The maximum atomic E-state index is 9.17. The second kappa shape index (κ2) is 8.35. The molecule has 0 saturated heterocycles. The Bertz CT molecular complexity index is 258. The van der Waals surface area contributed by atoms with E-state index < -0.39 is 0 Å². The van der Waals surface area contributed by atoms with Crippen LogP contribution in [0.25, 0.3) is 0 Å². The summed E-state index contributed by atoms with van der Waals surface area (Å²) in [5, 5.41) is 12.6. The average molecular weight is 282 g/mol. The molecule has 0 atom stereocenters. The second-order valence-electron chi connectivity index (χ2n) is 7.08. The van der Waals surface area contributed by atoms with Crippen LogP contribution >= 0.6 is 0 Å². The fourth-order valence-corrected chi connectivity index (χ4v) is 4.09. The molecular formula is C17H34N2O. The molecule has 118 valence electrons. The molecule has 3 nitrogen and oxygen atoms in total. The number of nitrogens with zero attached hydrogens (tertiary/aromatic N) is 1. The highest BCUT2D eigenvalue weighted by Gasteiger charge is 2.35. The molecule has 0 unspecified atom stereocenters. The topological polar surface area (TPSA) is 35.5 Å². The van der Waals surface area contributed by atoms with Crippen LogP contribution in [0, 0.1) is 5.41 Å². The van der Waals surface area contributed by atoms with Crippen LogP contribution in [0.4, 0.5) is 0 Å². The Morgan fingerprint density at radius 1 is 1.10 bits per heavy atom. The molecule has 0 spiro atoms. The summed E-state index contributed by atoms with van der Waals surface area (Å²) in [5.74, 6) is 0. The molecule has 0 aromatic carbocycles. The van der Waals surface area contributed by atoms with Gasteiger partial charge in [-0.2, -0.15) is 0 Å². The Balaban J connectivity index is 1.98. The van der Waals surface area contributed by atoms with Crippen LogP contribution < -0.4 is 5.32 Å². The lowest BCUT2D eigenvalue weighted by molar-refractivity contribution is 0.0543. The summed E-state index contributed by atoms with van der Waals surface area (Å²) in [6, 6.07) is 0.804. The third kappa shape index (κ3) is 4.44. The summed E-state index contributed by atoms with van der Waals surface area (Å²) < 4.78 is 0. The molecule has 0 aliphatic heterocycles. The van der Waals surface area contributed by atoms with Crippen molar-refractivity contribution in [1.29, 1.82) is 0 Å². The lowest BCUT2D eigenvalue weighted by Crippen LogP contribution is -2.49. The molecular weight excluding hydrogens is 248 g/mol. The molecule has 0 radical (unpaired) electrons. The van der Waals surface area contributed by atoms with E-state index in [1.165, 1.54) is 64.3 Å². The first-order valence-electron chi connectivity index (χ1n) is 8.79. The maximum Gasteiger partial charge on any atom is 0.0443 e. The Hall–Kier alpha value is -0.120. The van der Waals surface area contributed by atoms with Gasteiger partial charge in [0.15, 0.2) is 0 Å². The number of rotatable bonds is 8. The third-order valence-electron chi connectivity index (χ3n) is 5.45. The molecule has 0 heterocycles. The van der Waals surface area contributed by atoms with Crippen molar-refractivity contribution >= 4 is 0 Å². The van der Waals surface area contributed by atoms with Crippen LogP contribution in [-0.4, -0.2) is 49.3 Å². The molecule has 0 aromatic rings. The number of hydrogen-bond donors (Lipinski definition) is 2. The van der Waals surface area contributed by atoms with Gasteiger partial charge >= 0.3 is 0 Å². The molecule has 0 amide bonds. The Kier molecular flexibility index (Phi) is 6.79. The van der Waals surface area contributed by atoms with Crippen molar-refractivity contribution in [3.8, 4) is 0 Å². The Morgan fingerprint density at radius 2 is 1.80 bits per heavy atom. The van der Waals surface area contributed by atoms with E-state index in [1.807, 2.05) is 0 Å². The normalized spacial score (nSPS) is 23.6. The van der Waals surface area contributed by atoms with E-state index in [-0.39, 0.29) is 0 Å². The number of aliphatic hydroxyl groups is 1. The summed E-state index contributed by atoms with van der Waals surface area (Å²) in [6.07, 6.45) is 13.5. The van der Waals surface area contributed by atoms with Crippen LogP contribution in [0.3, 0.4) is 0 Å². The van der Waals surface area contributed by atoms with Crippen LogP contribution in [-0.2, 0) is 0 Å². The highest BCUT2D eigenvalue weighted by Crippen LogP contribution is 2.37. The van der Waals surface area contributed by atoms with E-state index in [9.17, 15) is 0 Å². The number of nitrogens with one attached hydrogen (secondary N) is 1. The van der Waals surface area contributed by atoms with E-state index in [4.69, 9.17) is 5.11 Å². The second-order valence-corrected chi connectivity index (χ2v) is 7.08. The van der Waals surface area contributed by atoms with E-state index >= 15 is 0 Å². The van der Waals surface area contributed by atoms with E-state index in [0.717, 1.165) is 25.6 Å². The SMILES string of the molecule is CNCC1(CN(CCCO)C2CCC2)CCCCCC1. The highest BCUT2D eigenvalue weighted by molar-refractivity contribution is 4.90. The lowest BCUT2D eigenvalue weighted by atomic mass is 9.78. The summed E-state index contributed by atoms with van der Waals surface area (Å²) >= 11 is 0. The highest BCUT2D eigenvalue weighted by atomic mass is 16.3. The van der Waals surface area contributed by atoms with Gasteiger partial charge in [0.05, 0.1) is 0 Å². The van der Waals surface area contributed by atoms with E-state index in [2.05, 4.69) is 17.3 Å². The zero-order chi connectivity index (χ0) is 14.3. The van der Waals surface area contributed by atoms with Gasteiger partial charge in [-0.1, -0.05) is 32.1 Å². The summed E-state index contributed by atoms with van der Waals surface area (Å²) in [4.78, 5) is 2.71. The number of hydrogen-bond acceptors (Lipinski definition) is 3. The predicted molar refractivity (Wildman–Crippen MR) is 85.0 cm³/mol. The van der Waals surface area contributed by atoms with E-state index in [1.54, 1.807) is 0 Å². The largest absolute Gasteiger partial charge is 0.396 e. The Morgan fingerprint density at radius 3 is 2.30 bits per heavy atom. The van der Waals surface area contributed by atoms with Crippen molar-refractivity contribution in [2.75, 3.05) is 33.3 Å². The van der Waals surface area contributed by atoms with Crippen molar-refractivity contribution in [2.24, 2.45) is 5.41 Å². The fraction of sp³-hybridized carbons (Fsp3) is 1.00. The summed E-state index contributed by atoms with van der Waals surface area (Å²) in [5.41, 5.74) is 0.482. The lowest BCUT2D eigenvalue weighted by Gasteiger charge is -2.44. The van der Waals surface area contributed by atoms with Gasteiger partial charge in [0.25, 0.3) is 0 Å². The molecule has 2 aliphatic carbocycles. The van der Waals surface area contributed by atoms with Crippen molar-refractivity contribution in [3.63, 3.8) is 0 Å². The molecule has 2 rings (SSSR count). The van der Waals surface area contributed by atoms with Gasteiger partial charge in [-0.05, 0) is 44.6 Å². The van der Waals surface area contributed by atoms with E-state index in [0.29, 0.717) is 12.0 Å². The minimum Gasteiger partial charge on any atom is -0.396 e. The average Bonchev–Trinajstić information content (AvgIpc) is 2.60. The number of aliphatic hydroxyl groups excluding tert-OH is 1. The first kappa shape index (κ1) is 16.3. The fourth-order valence-electron chi connectivity index (χ4n) is 4.09. The first-order valence-corrected chi connectivity index (χ1v) is 8.79. The Labute approximate surface area is 125 Å². The van der Waals surface area contributed by atoms with Gasteiger partial charge in [0.2, 0.25) is 0 Å². The molecule has 2 N–H and O–H groups in total. The minimum absolute atomic E-state index is 0.336. The molecule has 20 heavy (non-hydrogen) atoms. The molecule has 3 heteroatoms. The molecule has 0 aromatic heterocycles. The van der Waals surface area contributed by atoms with Crippen molar-refractivity contribution < 1.29 is 5.11 Å². The van der Waals surface area contributed by atoms with Crippen LogP contribution in [0.1, 0.15) is 64.2 Å². The maximum absolute atomic E-state index is 9.17. The monoisotopic (exact) mass is 282 g/mol. The van der Waals surface area contributed by atoms with Gasteiger partial charge in [0, 0.05) is 32.3 Å². The first-order chi connectivity index (χ1) is 9.79. The van der Waals surface area contributed by atoms with Gasteiger partial charge in [-0.15, -0.1) is 0 Å². The zero-order valence-electron chi connectivity index (χ0n) is 13.4. The smallest absolute Gasteiger partial charge is 0.0443 e. The minimum atomic E-state index is 0.336. The summed E-state index contributed by atoms with van der Waals surface area (Å²) in [7, 11) is 2.11. The third-order valence-corrected chi connectivity index (χ3v) is 5.45. The zero-order valence-corrected chi connectivity index (χ0v) is 13.4. The van der Waals surface area contributed by atoms with Gasteiger partial charge in [-0.3, -0.25) is 4.90 Å². The molecule has 2 saturated carbocycles. The van der Waals surface area contributed by atoms with Gasteiger partial charge in [0.1, 0.15) is 0 Å². The van der Waals surface area contributed by atoms with Crippen molar-refractivity contribution in [1.82, 2.24) is 10.2 Å². The summed E-state index contributed by atoms with van der Waals surface area (Å²) in [6.45, 7) is 3.84. The quantitative estimate of drug-likeness (QED) is 0.672. The predicted octanol–water partition coefficient (Wildman–Crippen LogP) is 2.78. The van der Waals surface area contributed by atoms with Crippen molar-refractivity contribution in [2.45, 2.75) is 70.3 Å². The van der Waals surface area contributed by atoms with Crippen LogP contribution in [0.2, 0.25) is 0 Å². The van der Waals surface area contributed by atoms with Gasteiger partial charge < -0.3 is 10.4 Å². The molecule has 2 fully saturated rings. The standard InChI is InChI=1S/C17H34N2O/c1-18-14-17(10-4-2-3-5-11-17)15-19(12-7-13-20)16-8-6-9-16/h16,18,20H,2-15H2,1H3. The van der Waals surface area contributed by atoms with Crippen molar-refractivity contribution in [3.05, 3.63) is 0 Å².